The van der Waals surface area contributed by atoms with E-state index in [4.69, 9.17) is 4.74 Å². The van der Waals surface area contributed by atoms with Crippen molar-refractivity contribution in [2.24, 2.45) is 10.8 Å². The van der Waals surface area contributed by atoms with Gasteiger partial charge in [-0.1, -0.05) is 59.7 Å². The predicted molar refractivity (Wildman–Crippen MR) is 110 cm³/mol. The molecule has 148 valence electrons. The second kappa shape index (κ2) is 7.70. The lowest BCUT2D eigenvalue weighted by Crippen LogP contribution is -2.25. The van der Waals surface area contributed by atoms with Gasteiger partial charge in [0.1, 0.15) is 5.75 Å². The zero-order chi connectivity index (χ0) is 21.3. The highest BCUT2D eigenvalue weighted by Gasteiger charge is 2.30. The Morgan fingerprint density at radius 2 is 1.32 bits per heavy atom. The van der Waals surface area contributed by atoms with Crippen molar-refractivity contribution in [2.45, 2.75) is 41.5 Å². The van der Waals surface area contributed by atoms with Gasteiger partial charge in [0.2, 0.25) is 0 Å². The molecular formula is C24H28O4. The molecule has 2 rings (SSSR count). The average molecular weight is 380 g/mol. The van der Waals surface area contributed by atoms with E-state index in [1.165, 1.54) is 7.11 Å². The Hall–Kier alpha value is -2.75. The summed E-state index contributed by atoms with van der Waals surface area (Å²) in [5, 5.41) is 0. The molecule has 0 atom stereocenters. The summed E-state index contributed by atoms with van der Waals surface area (Å²) in [6, 6.07) is 11.6. The minimum atomic E-state index is -0.688. The van der Waals surface area contributed by atoms with E-state index in [1.54, 1.807) is 63.2 Å². The molecule has 2 aromatic carbocycles. The number of methoxy groups -OCH3 is 1. The molecule has 0 bridgehead atoms. The van der Waals surface area contributed by atoms with E-state index in [-0.39, 0.29) is 22.9 Å². The third-order valence-corrected chi connectivity index (χ3v) is 4.47. The second-order valence-corrected chi connectivity index (χ2v) is 8.98. The number of ether oxygens (including phenoxy) is 1. The fraction of sp³-hybridized carbons (Fsp3) is 0.375. The maximum atomic E-state index is 13.2. The summed E-state index contributed by atoms with van der Waals surface area (Å²) in [6.45, 7) is 10.9. The molecule has 0 N–H and O–H groups in total. The van der Waals surface area contributed by atoms with Crippen molar-refractivity contribution in [1.29, 1.82) is 0 Å². The largest absolute Gasteiger partial charge is 0.497 e. The van der Waals surface area contributed by atoms with E-state index in [1.807, 2.05) is 20.8 Å². The summed E-state index contributed by atoms with van der Waals surface area (Å²) in [5.41, 5.74) is 0.154. The monoisotopic (exact) mass is 380 g/mol. The summed E-state index contributed by atoms with van der Waals surface area (Å²) < 4.78 is 5.20. The van der Waals surface area contributed by atoms with Gasteiger partial charge in [0.25, 0.3) is 0 Å². The summed E-state index contributed by atoms with van der Waals surface area (Å²) in [4.78, 5) is 38.9. The lowest BCUT2D eigenvalue weighted by atomic mass is 9.80. The molecule has 0 unspecified atom stereocenters. The maximum Gasteiger partial charge on any atom is 0.193 e. The van der Waals surface area contributed by atoms with Gasteiger partial charge in [0, 0.05) is 33.1 Å². The average Bonchev–Trinajstić information content (AvgIpc) is 2.64. The molecule has 4 heteroatoms. The SMILES string of the molecule is COc1cccc(C(=O)c2ccc(C(=O)C(C)(C)C)cc2C(=O)C(C)(C)C)c1. The number of benzene rings is 2. The first-order valence-electron chi connectivity index (χ1n) is 9.28. The highest BCUT2D eigenvalue weighted by molar-refractivity contribution is 6.17. The Morgan fingerprint density at radius 3 is 1.86 bits per heavy atom. The topological polar surface area (TPSA) is 60.4 Å². The van der Waals surface area contributed by atoms with Crippen molar-refractivity contribution in [3.8, 4) is 5.75 Å². The molecule has 0 fully saturated rings. The van der Waals surface area contributed by atoms with Gasteiger partial charge in [-0.3, -0.25) is 14.4 Å². The number of ketones is 3. The Kier molecular flexibility index (Phi) is 5.93. The Morgan fingerprint density at radius 1 is 0.714 bits per heavy atom. The standard InChI is InChI=1S/C24H28O4/c1-23(2,3)21(26)16-11-12-18(19(14-16)22(27)24(4,5)6)20(25)15-9-8-10-17(13-15)28-7/h8-14H,1-7H3. The molecule has 0 aliphatic rings. The summed E-state index contributed by atoms with van der Waals surface area (Å²) in [6.07, 6.45) is 0. The second-order valence-electron chi connectivity index (χ2n) is 8.98. The number of hydrogen-bond donors (Lipinski definition) is 0. The van der Waals surface area contributed by atoms with E-state index in [0.29, 0.717) is 22.4 Å². The molecule has 0 saturated heterocycles. The number of carbonyl (C=O) groups excluding carboxylic acids is 3. The first-order valence-corrected chi connectivity index (χ1v) is 9.28. The van der Waals surface area contributed by atoms with Gasteiger partial charge in [0.05, 0.1) is 7.11 Å². The first kappa shape index (κ1) is 21.5. The predicted octanol–water partition coefficient (Wildman–Crippen LogP) is 5.38. The van der Waals surface area contributed by atoms with Crippen LogP contribution >= 0.6 is 0 Å². The highest BCUT2D eigenvalue weighted by Crippen LogP contribution is 2.29. The third-order valence-electron chi connectivity index (χ3n) is 4.47. The Balaban J connectivity index is 2.64. The maximum absolute atomic E-state index is 13.2. The molecule has 0 saturated carbocycles. The van der Waals surface area contributed by atoms with Gasteiger partial charge < -0.3 is 4.74 Å². The van der Waals surface area contributed by atoms with Crippen molar-refractivity contribution >= 4 is 17.3 Å². The van der Waals surface area contributed by atoms with Crippen LogP contribution in [0.25, 0.3) is 0 Å². The summed E-state index contributed by atoms with van der Waals surface area (Å²) in [7, 11) is 1.53. The number of Topliss-reactive ketones (excluding diaryl/α,β-unsaturated/α-hetero) is 2. The molecule has 0 spiro atoms. The van der Waals surface area contributed by atoms with Crippen LogP contribution in [-0.2, 0) is 0 Å². The highest BCUT2D eigenvalue weighted by atomic mass is 16.5. The molecule has 4 nitrogen and oxygen atoms in total. The van der Waals surface area contributed by atoms with Gasteiger partial charge in [-0.25, -0.2) is 0 Å². The molecule has 0 amide bonds. The molecule has 0 aliphatic carbocycles. The van der Waals surface area contributed by atoms with Crippen LogP contribution in [0.15, 0.2) is 42.5 Å². The van der Waals surface area contributed by atoms with Crippen LogP contribution in [0.5, 0.6) is 5.75 Å². The van der Waals surface area contributed by atoms with Gasteiger partial charge in [0.15, 0.2) is 17.3 Å². The van der Waals surface area contributed by atoms with Gasteiger partial charge in [-0.15, -0.1) is 0 Å². The van der Waals surface area contributed by atoms with Gasteiger partial charge in [-0.05, 0) is 24.3 Å². The lowest BCUT2D eigenvalue weighted by molar-refractivity contribution is 0.0850. The van der Waals surface area contributed by atoms with Crippen LogP contribution < -0.4 is 4.74 Å². The molecule has 0 radical (unpaired) electrons. The van der Waals surface area contributed by atoms with E-state index in [0.717, 1.165) is 0 Å². The van der Waals surface area contributed by atoms with Gasteiger partial charge >= 0.3 is 0 Å². The smallest absolute Gasteiger partial charge is 0.193 e. The molecular weight excluding hydrogens is 352 g/mol. The summed E-state index contributed by atoms with van der Waals surface area (Å²) in [5.74, 6) is 0.0356. The molecule has 28 heavy (non-hydrogen) atoms. The van der Waals surface area contributed by atoms with Crippen LogP contribution in [-0.4, -0.2) is 24.5 Å². The minimum Gasteiger partial charge on any atom is -0.497 e. The first-order chi connectivity index (χ1) is 12.9. The van der Waals surface area contributed by atoms with Crippen molar-refractivity contribution in [1.82, 2.24) is 0 Å². The zero-order valence-electron chi connectivity index (χ0n) is 17.7. The van der Waals surface area contributed by atoms with Crippen molar-refractivity contribution < 1.29 is 19.1 Å². The lowest BCUT2D eigenvalue weighted by Gasteiger charge is -2.21. The zero-order valence-corrected chi connectivity index (χ0v) is 17.7. The van der Waals surface area contributed by atoms with Crippen LogP contribution in [0.1, 0.15) is 78.2 Å². The van der Waals surface area contributed by atoms with Crippen molar-refractivity contribution in [2.75, 3.05) is 7.11 Å². The summed E-state index contributed by atoms with van der Waals surface area (Å²) >= 11 is 0. The minimum absolute atomic E-state index is 0.0733. The van der Waals surface area contributed by atoms with E-state index in [2.05, 4.69) is 0 Å². The van der Waals surface area contributed by atoms with Crippen molar-refractivity contribution in [3.05, 3.63) is 64.7 Å². The fourth-order valence-corrected chi connectivity index (χ4v) is 2.83. The normalized spacial score (nSPS) is 11.8. The number of carbonyl (C=O) groups is 3. The van der Waals surface area contributed by atoms with Crippen LogP contribution in [0.2, 0.25) is 0 Å². The fourth-order valence-electron chi connectivity index (χ4n) is 2.83. The van der Waals surface area contributed by atoms with E-state index in [9.17, 15) is 14.4 Å². The van der Waals surface area contributed by atoms with E-state index < -0.39 is 10.8 Å². The quantitative estimate of drug-likeness (QED) is 0.653. The van der Waals surface area contributed by atoms with Crippen LogP contribution in [0.4, 0.5) is 0 Å². The van der Waals surface area contributed by atoms with Crippen LogP contribution in [0.3, 0.4) is 0 Å². The van der Waals surface area contributed by atoms with E-state index >= 15 is 0 Å². The molecule has 2 aromatic rings. The number of rotatable bonds is 5. The molecule has 0 heterocycles. The molecule has 0 aliphatic heterocycles. The Labute approximate surface area is 166 Å². The number of hydrogen-bond acceptors (Lipinski definition) is 4. The third kappa shape index (κ3) is 4.56. The Bertz CT molecular complexity index is 924. The van der Waals surface area contributed by atoms with Crippen LogP contribution in [0, 0.1) is 10.8 Å². The van der Waals surface area contributed by atoms with Crippen molar-refractivity contribution in [3.63, 3.8) is 0 Å². The molecule has 0 aromatic heterocycles. The van der Waals surface area contributed by atoms with Gasteiger partial charge in [-0.2, -0.15) is 0 Å².